The number of hydrogen-bond donors (Lipinski definition) is 1. The molecule has 3 rings (SSSR count). The maximum atomic E-state index is 11.3. The van der Waals surface area contributed by atoms with E-state index < -0.39 is 8.38 Å². The summed E-state index contributed by atoms with van der Waals surface area (Å²) in [7, 11) is 0.382. The lowest BCUT2D eigenvalue weighted by molar-refractivity contribution is 0.392. The third-order valence-electron chi connectivity index (χ3n) is 6.28. The van der Waals surface area contributed by atoms with Gasteiger partial charge in [0.05, 0.1) is 0 Å². The van der Waals surface area contributed by atoms with E-state index in [-0.39, 0.29) is 11.8 Å². The highest BCUT2D eigenvalue weighted by Gasteiger charge is 2.31. The van der Waals surface area contributed by atoms with E-state index in [4.69, 9.17) is 9.05 Å². The highest BCUT2D eigenvalue weighted by atomic mass is 31.2. The Hall–Kier alpha value is -2.09. The summed E-state index contributed by atoms with van der Waals surface area (Å²) >= 11 is 0. The highest BCUT2D eigenvalue weighted by molar-refractivity contribution is 7.56. The Balaban J connectivity index is 2.06. The second-order valence-electron chi connectivity index (χ2n) is 8.88. The van der Waals surface area contributed by atoms with Crippen molar-refractivity contribution >= 4 is 13.7 Å². The predicted octanol–water partition coefficient (Wildman–Crippen LogP) is 7.80. The molecule has 2 aromatic rings. The zero-order chi connectivity index (χ0) is 23.1. The van der Waals surface area contributed by atoms with Crippen molar-refractivity contribution in [2.75, 3.05) is 7.11 Å². The van der Waals surface area contributed by atoms with Gasteiger partial charge in [-0.15, -0.1) is 0 Å². The maximum Gasteiger partial charge on any atom is 0.264 e. The quantitative estimate of drug-likeness (QED) is 0.227. The van der Waals surface area contributed by atoms with Crippen molar-refractivity contribution in [3.63, 3.8) is 0 Å². The van der Waals surface area contributed by atoms with Gasteiger partial charge in [0.15, 0.2) is 0 Å². The molecule has 32 heavy (non-hydrogen) atoms. The molecule has 0 bridgehead atoms. The molecule has 1 aliphatic rings. The third kappa shape index (κ3) is 6.03. The van der Waals surface area contributed by atoms with Crippen LogP contribution in [0.25, 0.3) is 0 Å². The Morgan fingerprint density at radius 3 is 2.59 bits per heavy atom. The molecule has 3 nitrogen and oxygen atoms in total. The molecule has 3 unspecified atom stereocenters. The number of phenolic OH excluding ortho intramolecular Hbond substituents is 1. The number of phenols is 1. The molecule has 0 saturated carbocycles. The van der Waals surface area contributed by atoms with Crippen molar-refractivity contribution in [2.45, 2.75) is 65.2 Å². The number of aromatic hydroxyl groups is 1. The van der Waals surface area contributed by atoms with Crippen LogP contribution < -0.4 is 9.83 Å². The maximum absolute atomic E-state index is 11.3. The van der Waals surface area contributed by atoms with E-state index in [1.165, 1.54) is 18.4 Å². The molecule has 1 N–H and O–H groups in total. The number of unbranched alkanes of at least 4 members (excludes halogenated alkanes) is 2. The van der Waals surface area contributed by atoms with Crippen LogP contribution in [0.3, 0.4) is 0 Å². The van der Waals surface area contributed by atoms with E-state index in [2.05, 4.69) is 39.5 Å². The van der Waals surface area contributed by atoms with Crippen molar-refractivity contribution in [3.05, 3.63) is 77.4 Å². The second-order valence-corrected chi connectivity index (χ2v) is 10.5. The molecule has 0 amide bonds. The fourth-order valence-electron chi connectivity index (χ4n) is 4.54. The average Bonchev–Trinajstić information content (AvgIpc) is 2.77. The zero-order valence-corrected chi connectivity index (χ0v) is 20.8. The number of benzene rings is 2. The minimum atomic E-state index is -1.30. The largest absolute Gasteiger partial charge is 0.507 e. The molecular formula is C28H37O3P. The number of allylic oxidation sites excluding steroid dienone is 3. The van der Waals surface area contributed by atoms with Crippen LogP contribution in [0, 0.1) is 5.92 Å². The summed E-state index contributed by atoms with van der Waals surface area (Å²) in [4.78, 5) is 0. The molecular weight excluding hydrogens is 415 g/mol. The topological polar surface area (TPSA) is 38.7 Å². The fourth-order valence-corrected chi connectivity index (χ4v) is 5.68. The third-order valence-corrected chi connectivity index (χ3v) is 7.69. The summed E-state index contributed by atoms with van der Waals surface area (Å²) in [5.74, 6) is 1.37. The first-order valence-corrected chi connectivity index (χ1v) is 12.9. The minimum Gasteiger partial charge on any atom is -0.507 e. The van der Waals surface area contributed by atoms with Crippen molar-refractivity contribution in [1.82, 2.24) is 0 Å². The first-order chi connectivity index (χ1) is 15.4. The molecule has 1 aliphatic carbocycles. The number of rotatable bonds is 10. The molecule has 2 aromatic carbocycles. The van der Waals surface area contributed by atoms with Gasteiger partial charge in [-0.05, 0) is 75.3 Å². The van der Waals surface area contributed by atoms with E-state index in [1.807, 2.05) is 36.4 Å². The summed E-state index contributed by atoms with van der Waals surface area (Å²) in [5.41, 5.74) is 4.46. The summed E-state index contributed by atoms with van der Waals surface area (Å²) in [6, 6.07) is 14.1. The van der Waals surface area contributed by atoms with E-state index in [1.54, 1.807) is 7.11 Å². The Morgan fingerprint density at radius 1 is 1.19 bits per heavy atom. The van der Waals surface area contributed by atoms with E-state index >= 15 is 0 Å². The van der Waals surface area contributed by atoms with Gasteiger partial charge in [0, 0.05) is 23.9 Å². The Morgan fingerprint density at radius 2 is 1.94 bits per heavy atom. The summed E-state index contributed by atoms with van der Waals surface area (Å²) in [6.45, 7) is 10.7. The Kier molecular flexibility index (Phi) is 8.96. The molecule has 4 heteroatoms. The van der Waals surface area contributed by atoms with Gasteiger partial charge >= 0.3 is 0 Å². The first kappa shape index (κ1) is 24.6. The standard InChI is InChI=1S/C28H37O3P/c1-6-7-9-12-22-18-26(29)28(25-17-21(4)15-16-24(25)20(2)3)27(19-22)31-32(30-5)23-13-10-8-11-14-23/h8,10-11,13-14,17-19,24-25,29H,2,6-7,9,12,15-16H2,1,3-5H3. The van der Waals surface area contributed by atoms with Crippen LogP contribution in [0.2, 0.25) is 0 Å². The van der Waals surface area contributed by atoms with Crippen LogP contribution in [-0.2, 0) is 10.9 Å². The van der Waals surface area contributed by atoms with Gasteiger partial charge in [-0.2, -0.15) is 0 Å². The van der Waals surface area contributed by atoms with E-state index in [9.17, 15) is 5.11 Å². The second kappa shape index (κ2) is 11.7. The molecule has 172 valence electrons. The Labute approximate surface area is 195 Å². The smallest absolute Gasteiger partial charge is 0.264 e. The SMILES string of the molecule is C=C(C)C1CCC(C)=CC1c1c(O)cc(CCCCC)cc1OP(OC)c1ccccc1. The van der Waals surface area contributed by atoms with Crippen LogP contribution in [0.4, 0.5) is 0 Å². The van der Waals surface area contributed by atoms with Crippen molar-refractivity contribution < 1.29 is 14.2 Å². The van der Waals surface area contributed by atoms with Crippen LogP contribution in [0.1, 0.15) is 69.9 Å². The van der Waals surface area contributed by atoms with Gasteiger partial charge in [0.2, 0.25) is 0 Å². The van der Waals surface area contributed by atoms with Crippen LogP contribution in [0.15, 0.2) is 66.3 Å². The van der Waals surface area contributed by atoms with Crippen molar-refractivity contribution in [1.29, 1.82) is 0 Å². The Bertz CT molecular complexity index is 935. The molecule has 0 saturated heterocycles. The number of aryl methyl sites for hydroxylation is 1. The molecule has 0 spiro atoms. The van der Waals surface area contributed by atoms with Crippen LogP contribution >= 0.6 is 8.38 Å². The highest BCUT2D eigenvalue weighted by Crippen LogP contribution is 2.50. The fraction of sp³-hybridized carbons (Fsp3) is 0.429. The molecule has 0 radical (unpaired) electrons. The lowest BCUT2D eigenvalue weighted by Gasteiger charge is -2.32. The van der Waals surface area contributed by atoms with Gasteiger partial charge < -0.3 is 14.2 Å². The molecule has 0 heterocycles. The van der Waals surface area contributed by atoms with Gasteiger partial charge in [0.1, 0.15) is 11.5 Å². The molecule has 0 aliphatic heterocycles. The number of hydrogen-bond acceptors (Lipinski definition) is 3. The van der Waals surface area contributed by atoms with Crippen molar-refractivity contribution in [3.8, 4) is 11.5 Å². The average molecular weight is 453 g/mol. The summed E-state index contributed by atoms with van der Waals surface area (Å²) in [6.07, 6.45) is 8.77. The summed E-state index contributed by atoms with van der Waals surface area (Å²) < 4.78 is 12.3. The van der Waals surface area contributed by atoms with Crippen LogP contribution in [0.5, 0.6) is 11.5 Å². The van der Waals surface area contributed by atoms with Gasteiger partial charge in [-0.25, -0.2) is 0 Å². The predicted molar refractivity (Wildman–Crippen MR) is 136 cm³/mol. The van der Waals surface area contributed by atoms with E-state index in [0.29, 0.717) is 5.75 Å². The van der Waals surface area contributed by atoms with Crippen molar-refractivity contribution in [2.24, 2.45) is 5.92 Å². The van der Waals surface area contributed by atoms with Gasteiger partial charge in [0.25, 0.3) is 8.38 Å². The van der Waals surface area contributed by atoms with Crippen LogP contribution in [-0.4, -0.2) is 12.2 Å². The van der Waals surface area contributed by atoms with Gasteiger partial charge in [-0.1, -0.05) is 61.8 Å². The minimum absolute atomic E-state index is 0.0467. The summed E-state index contributed by atoms with van der Waals surface area (Å²) in [5, 5.41) is 12.3. The monoisotopic (exact) mass is 452 g/mol. The molecule has 3 atom stereocenters. The lowest BCUT2D eigenvalue weighted by Crippen LogP contribution is -2.18. The van der Waals surface area contributed by atoms with Gasteiger partial charge in [-0.3, -0.25) is 0 Å². The zero-order valence-electron chi connectivity index (χ0n) is 19.9. The lowest BCUT2D eigenvalue weighted by atomic mass is 9.73. The molecule has 0 fully saturated rings. The first-order valence-electron chi connectivity index (χ1n) is 11.7. The normalized spacial score (nSPS) is 19.3. The van der Waals surface area contributed by atoms with E-state index in [0.717, 1.165) is 53.4 Å². The molecule has 0 aromatic heterocycles.